The maximum Gasteiger partial charge on any atom is 0.253 e. The van der Waals surface area contributed by atoms with Crippen LogP contribution in [-0.4, -0.2) is 55.7 Å². The molecule has 2 aromatic rings. The number of aliphatic imine (C=N–C) groups is 1. The Morgan fingerprint density at radius 1 is 1.10 bits per heavy atom. The molecule has 0 aliphatic carbocycles. The van der Waals surface area contributed by atoms with E-state index in [1.54, 1.807) is 31.1 Å². The molecule has 0 saturated heterocycles. The number of aromatic hydroxyl groups is 1. The monoisotopic (exact) mass is 412 g/mol. The van der Waals surface area contributed by atoms with E-state index >= 15 is 0 Å². The molecule has 0 saturated carbocycles. The number of nitrogens with one attached hydrogen (secondary N) is 2. The average Bonchev–Trinajstić information content (AvgIpc) is 2.73. The van der Waals surface area contributed by atoms with Crippen LogP contribution in [0.4, 0.5) is 0 Å². The van der Waals surface area contributed by atoms with Crippen LogP contribution in [-0.2, 0) is 13.0 Å². The van der Waals surface area contributed by atoms with Gasteiger partial charge in [-0.3, -0.25) is 4.79 Å². The van der Waals surface area contributed by atoms with Gasteiger partial charge in [-0.2, -0.15) is 0 Å². The molecule has 7 heteroatoms. The molecule has 0 unspecified atom stereocenters. The lowest BCUT2D eigenvalue weighted by atomic mass is 10.1. The van der Waals surface area contributed by atoms with Gasteiger partial charge < -0.3 is 25.4 Å². The number of hydrogen-bond acceptors (Lipinski definition) is 4. The normalized spacial score (nSPS) is 11.1. The average molecular weight is 413 g/mol. The van der Waals surface area contributed by atoms with Gasteiger partial charge in [0.25, 0.3) is 5.91 Å². The number of amides is 1. The van der Waals surface area contributed by atoms with Crippen molar-refractivity contribution in [1.82, 2.24) is 15.5 Å². The van der Waals surface area contributed by atoms with Gasteiger partial charge in [-0.1, -0.05) is 18.2 Å². The Hall–Kier alpha value is -3.22. The number of ether oxygens (including phenoxy) is 1. The summed E-state index contributed by atoms with van der Waals surface area (Å²) >= 11 is 0. The van der Waals surface area contributed by atoms with E-state index in [0.29, 0.717) is 37.0 Å². The van der Waals surface area contributed by atoms with Crippen LogP contribution in [0.15, 0.2) is 47.5 Å². The van der Waals surface area contributed by atoms with Gasteiger partial charge in [0.15, 0.2) is 17.5 Å². The molecule has 0 aliphatic rings. The molecule has 0 spiro atoms. The molecule has 1 amide bonds. The second-order valence-corrected chi connectivity index (χ2v) is 7.01. The highest BCUT2D eigenvalue weighted by atomic mass is 16.5. The van der Waals surface area contributed by atoms with Crippen LogP contribution in [0.25, 0.3) is 0 Å². The van der Waals surface area contributed by atoms with Gasteiger partial charge in [0.05, 0.1) is 13.2 Å². The number of nitrogens with zero attached hydrogens (tertiary/aromatic N) is 2. The number of hydrogen-bond donors (Lipinski definition) is 3. The number of phenolic OH excluding ortho intramolecular Hbond substituents is 1. The summed E-state index contributed by atoms with van der Waals surface area (Å²) in [6.45, 7) is 6.28. The first-order valence-corrected chi connectivity index (χ1v) is 10.2. The molecule has 7 nitrogen and oxygen atoms in total. The van der Waals surface area contributed by atoms with Gasteiger partial charge in [0.1, 0.15) is 0 Å². The number of phenols is 1. The molecule has 0 heterocycles. The lowest BCUT2D eigenvalue weighted by Crippen LogP contribution is -2.38. The largest absolute Gasteiger partial charge is 0.504 e. The Bertz CT molecular complexity index is 865. The lowest BCUT2D eigenvalue weighted by molar-refractivity contribution is 0.0827. The van der Waals surface area contributed by atoms with Crippen molar-refractivity contribution in [2.75, 3.05) is 33.8 Å². The topological polar surface area (TPSA) is 86.2 Å². The van der Waals surface area contributed by atoms with Gasteiger partial charge in [0, 0.05) is 32.7 Å². The third kappa shape index (κ3) is 6.99. The van der Waals surface area contributed by atoms with E-state index in [4.69, 9.17) is 4.74 Å². The summed E-state index contributed by atoms with van der Waals surface area (Å²) in [7, 11) is 3.50. The van der Waals surface area contributed by atoms with Gasteiger partial charge in [-0.15, -0.1) is 0 Å². The Balaban J connectivity index is 1.97. The molecule has 2 rings (SSSR count). The van der Waals surface area contributed by atoms with Crippen LogP contribution < -0.4 is 15.4 Å². The van der Waals surface area contributed by atoms with Crippen molar-refractivity contribution in [3.05, 3.63) is 59.2 Å². The minimum Gasteiger partial charge on any atom is -0.504 e. The molecular weight excluding hydrogens is 380 g/mol. The molecule has 30 heavy (non-hydrogen) atoms. The minimum atomic E-state index is 0.0000279. The van der Waals surface area contributed by atoms with Crippen molar-refractivity contribution in [3.8, 4) is 11.5 Å². The Morgan fingerprint density at radius 3 is 2.60 bits per heavy atom. The number of rotatable bonds is 9. The molecular formula is C23H32N4O3. The van der Waals surface area contributed by atoms with Crippen molar-refractivity contribution in [2.45, 2.75) is 26.8 Å². The minimum absolute atomic E-state index is 0.0000279. The van der Waals surface area contributed by atoms with E-state index in [1.165, 1.54) is 0 Å². The Morgan fingerprint density at radius 2 is 1.90 bits per heavy atom. The molecule has 0 bridgehead atoms. The van der Waals surface area contributed by atoms with Crippen molar-refractivity contribution >= 4 is 11.9 Å². The van der Waals surface area contributed by atoms with Crippen LogP contribution in [0.5, 0.6) is 11.5 Å². The van der Waals surface area contributed by atoms with Gasteiger partial charge in [-0.05, 0) is 55.7 Å². The van der Waals surface area contributed by atoms with E-state index in [9.17, 15) is 9.90 Å². The van der Waals surface area contributed by atoms with E-state index < -0.39 is 0 Å². The van der Waals surface area contributed by atoms with Crippen LogP contribution in [0, 0.1) is 0 Å². The van der Waals surface area contributed by atoms with Gasteiger partial charge >= 0.3 is 0 Å². The summed E-state index contributed by atoms with van der Waals surface area (Å²) in [5.74, 6) is 1.31. The van der Waals surface area contributed by atoms with Crippen molar-refractivity contribution in [2.24, 2.45) is 4.99 Å². The summed E-state index contributed by atoms with van der Waals surface area (Å²) in [6.07, 6.45) is 0.770. The second-order valence-electron chi connectivity index (χ2n) is 7.01. The summed E-state index contributed by atoms with van der Waals surface area (Å²) in [5.41, 5.74) is 2.73. The van der Waals surface area contributed by atoms with E-state index in [1.807, 2.05) is 44.2 Å². The SMILES string of the molecule is CCNC(=NCc1ccc(O)c(OCC)c1)NCCc1cccc(C(=O)N(C)C)c1. The van der Waals surface area contributed by atoms with Crippen molar-refractivity contribution < 1.29 is 14.6 Å². The lowest BCUT2D eigenvalue weighted by Gasteiger charge is -2.13. The highest BCUT2D eigenvalue weighted by molar-refractivity contribution is 5.94. The van der Waals surface area contributed by atoms with Crippen molar-refractivity contribution in [1.29, 1.82) is 0 Å². The molecule has 0 atom stereocenters. The van der Waals surface area contributed by atoms with Gasteiger partial charge in [0.2, 0.25) is 0 Å². The third-order valence-corrected chi connectivity index (χ3v) is 4.37. The highest BCUT2D eigenvalue weighted by Crippen LogP contribution is 2.27. The number of benzene rings is 2. The quantitative estimate of drug-likeness (QED) is 0.436. The zero-order valence-electron chi connectivity index (χ0n) is 18.2. The predicted octanol–water partition coefficient (Wildman–Crippen LogP) is 2.79. The van der Waals surface area contributed by atoms with Gasteiger partial charge in [-0.25, -0.2) is 4.99 Å². The number of guanidine groups is 1. The Kier molecular flexibility index (Phi) is 9.00. The number of carbonyl (C=O) groups excluding carboxylic acids is 1. The summed E-state index contributed by atoms with van der Waals surface area (Å²) < 4.78 is 5.43. The Labute approximate surface area is 178 Å². The van der Waals surface area contributed by atoms with Crippen LogP contribution in [0.3, 0.4) is 0 Å². The molecule has 2 aromatic carbocycles. The molecule has 0 aromatic heterocycles. The molecule has 0 radical (unpaired) electrons. The predicted molar refractivity (Wildman–Crippen MR) is 120 cm³/mol. The standard InChI is InChI=1S/C23H32N4O3/c1-5-24-23(26-16-18-10-11-20(28)21(15-18)30-6-2)25-13-12-17-8-7-9-19(14-17)22(29)27(3)4/h7-11,14-15,28H,5-6,12-13,16H2,1-4H3,(H2,24,25,26). The summed E-state index contributed by atoms with van der Waals surface area (Å²) in [4.78, 5) is 18.3. The molecule has 162 valence electrons. The van der Waals surface area contributed by atoms with Crippen LogP contribution in [0.1, 0.15) is 35.3 Å². The van der Waals surface area contributed by atoms with Crippen LogP contribution >= 0.6 is 0 Å². The van der Waals surface area contributed by atoms with Crippen LogP contribution in [0.2, 0.25) is 0 Å². The number of carbonyl (C=O) groups is 1. The fourth-order valence-electron chi connectivity index (χ4n) is 2.88. The second kappa shape index (κ2) is 11.7. The molecule has 0 fully saturated rings. The smallest absolute Gasteiger partial charge is 0.253 e. The first-order chi connectivity index (χ1) is 14.4. The van der Waals surface area contributed by atoms with E-state index in [-0.39, 0.29) is 11.7 Å². The fourth-order valence-corrected chi connectivity index (χ4v) is 2.88. The maximum atomic E-state index is 12.1. The highest BCUT2D eigenvalue weighted by Gasteiger charge is 2.08. The third-order valence-electron chi connectivity index (χ3n) is 4.37. The first-order valence-electron chi connectivity index (χ1n) is 10.2. The summed E-state index contributed by atoms with van der Waals surface area (Å²) in [6, 6.07) is 12.9. The zero-order chi connectivity index (χ0) is 21.9. The van der Waals surface area contributed by atoms with E-state index in [2.05, 4.69) is 15.6 Å². The summed E-state index contributed by atoms with van der Waals surface area (Å²) in [5, 5.41) is 16.4. The zero-order valence-corrected chi connectivity index (χ0v) is 18.2. The molecule has 3 N–H and O–H groups in total. The fraction of sp³-hybridized carbons (Fsp3) is 0.391. The molecule has 0 aliphatic heterocycles. The maximum absolute atomic E-state index is 12.1. The van der Waals surface area contributed by atoms with E-state index in [0.717, 1.165) is 24.1 Å². The first kappa shape index (κ1) is 23.1. The van der Waals surface area contributed by atoms with Crippen molar-refractivity contribution in [3.63, 3.8) is 0 Å².